The van der Waals surface area contributed by atoms with Gasteiger partial charge in [0.15, 0.2) is 11.5 Å². The van der Waals surface area contributed by atoms with Gasteiger partial charge < -0.3 is 14.8 Å². The highest BCUT2D eigenvalue weighted by molar-refractivity contribution is 7.17. The van der Waals surface area contributed by atoms with Gasteiger partial charge >= 0.3 is 0 Å². The van der Waals surface area contributed by atoms with Gasteiger partial charge in [-0.25, -0.2) is 0 Å². The molecule has 5 heteroatoms. The summed E-state index contributed by atoms with van der Waals surface area (Å²) in [5.41, 5.74) is 2.67. The van der Waals surface area contributed by atoms with Crippen LogP contribution in [0.15, 0.2) is 47.8 Å². The van der Waals surface area contributed by atoms with E-state index in [0.29, 0.717) is 6.79 Å². The molecule has 26 heavy (non-hydrogen) atoms. The van der Waals surface area contributed by atoms with Crippen molar-refractivity contribution in [3.63, 3.8) is 0 Å². The predicted octanol–water partition coefficient (Wildman–Crippen LogP) is 4.01. The van der Waals surface area contributed by atoms with Crippen LogP contribution >= 0.6 is 11.3 Å². The highest BCUT2D eigenvalue weighted by Crippen LogP contribution is 2.41. The maximum Gasteiger partial charge on any atom is 0.231 e. The number of thiophene rings is 1. The van der Waals surface area contributed by atoms with Gasteiger partial charge in [-0.2, -0.15) is 0 Å². The molecule has 0 radical (unpaired) electrons. The van der Waals surface area contributed by atoms with E-state index in [4.69, 9.17) is 9.47 Å². The second-order valence-corrected chi connectivity index (χ2v) is 7.75. The number of nitrogens with zero attached hydrogens (tertiary/aromatic N) is 1. The summed E-state index contributed by atoms with van der Waals surface area (Å²) < 4.78 is 12.5. The average molecular weight is 366 g/mol. The Morgan fingerprint density at radius 2 is 1.92 bits per heavy atom. The third-order valence-electron chi connectivity index (χ3n) is 5.26. The molecule has 0 amide bonds. The second kappa shape index (κ2) is 6.91. The molecule has 2 aliphatic rings. The van der Waals surface area contributed by atoms with Crippen molar-refractivity contribution in [3.05, 3.63) is 59.0 Å². The SMILES string of the molecule is c1ccc2c(C(c3ccc4c(c3)OCO4)N3CCCNCC3)csc2c1. The van der Waals surface area contributed by atoms with Crippen LogP contribution in [0.2, 0.25) is 0 Å². The summed E-state index contributed by atoms with van der Waals surface area (Å²) in [6, 6.07) is 15.4. The smallest absolute Gasteiger partial charge is 0.231 e. The molecular formula is C21H22N2O2S. The summed E-state index contributed by atoms with van der Waals surface area (Å²) >= 11 is 1.83. The largest absolute Gasteiger partial charge is 0.454 e. The number of benzene rings is 2. The number of ether oxygens (including phenoxy) is 2. The lowest BCUT2D eigenvalue weighted by atomic mass is 9.96. The van der Waals surface area contributed by atoms with Gasteiger partial charge in [-0.15, -0.1) is 11.3 Å². The second-order valence-electron chi connectivity index (χ2n) is 6.84. The standard InChI is InChI=1S/C21H22N2O2S/c1-2-5-20-16(4-1)17(13-26-20)21(23-10-3-8-22-9-11-23)15-6-7-18-19(12-15)25-14-24-18/h1-2,4-7,12-13,21-22H,3,8-11,14H2. The van der Waals surface area contributed by atoms with Crippen LogP contribution in [0.4, 0.5) is 0 Å². The summed E-state index contributed by atoms with van der Waals surface area (Å²) in [6.45, 7) is 4.58. The van der Waals surface area contributed by atoms with Gasteiger partial charge in [0.2, 0.25) is 6.79 Å². The topological polar surface area (TPSA) is 33.7 Å². The summed E-state index contributed by atoms with van der Waals surface area (Å²) in [5, 5.41) is 7.21. The van der Waals surface area contributed by atoms with Crippen molar-refractivity contribution in [3.8, 4) is 11.5 Å². The first-order chi connectivity index (χ1) is 12.9. The Bertz CT molecular complexity index is 915. The minimum Gasteiger partial charge on any atom is -0.454 e. The van der Waals surface area contributed by atoms with Crippen molar-refractivity contribution in [1.29, 1.82) is 0 Å². The van der Waals surface area contributed by atoms with Crippen molar-refractivity contribution >= 4 is 21.4 Å². The van der Waals surface area contributed by atoms with Crippen molar-refractivity contribution in [2.24, 2.45) is 0 Å². The van der Waals surface area contributed by atoms with Crippen LogP contribution in [0, 0.1) is 0 Å². The Hall–Kier alpha value is -2.08. The molecule has 0 bridgehead atoms. The Labute approximate surface area is 157 Å². The third kappa shape index (κ3) is 2.86. The fourth-order valence-corrected chi connectivity index (χ4v) is 4.98. The van der Waals surface area contributed by atoms with Gasteiger partial charge in [-0.3, -0.25) is 4.90 Å². The lowest BCUT2D eigenvalue weighted by Crippen LogP contribution is -2.32. The normalized spacial score (nSPS) is 18.8. The molecule has 5 rings (SSSR count). The van der Waals surface area contributed by atoms with Gasteiger partial charge in [0.25, 0.3) is 0 Å². The van der Waals surface area contributed by atoms with Gasteiger partial charge in [0.05, 0.1) is 6.04 Å². The van der Waals surface area contributed by atoms with E-state index in [1.807, 2.05) is 11.3 Å². The third-order valence-corrected chi connectivity index (χ3v) is 6.24. The van der Waals surface area contributed by atoms with Crippen LogP contribution in [-0.4, -0.2) is 37.9 Å². The number of nitrogens with one attached hydrogen (secondary N) is 1. The summed E-state index contributed by atoms with van der Waals surface area (Å²) in [4.78, 5) is 2.60. The first-order valence-corrected chi connectivity index (χ1v) is 10.1. The molecular weight excluding hydrogens is 344 g/mol. The molecule has 1 atom stereocenters. The van der Waals surface area contributed by atoms with Gasteiger partial charge in [0, 0.05) is 24.3 Å². The summed E-state index contributed by atoms with van der Waals surface area (Å²) in [6.07, 6.45) is 1.17. The quantitative estimate of drug-likeness (QED) is 0.759. The number of hydrogen-bond acceptors (Lipinski definition) is 5. The van der Waals surface area contributed by atoms with Crippen molar-refractivity contribution in [2.45, 2.75) is 12.5 Å². The van der Waals surface area contributed by atoms with E-state index < -0.39 is 0 Å². The van der Waals surface area contributed by atoms with Crippen molar-refractivity contribution in [2.75, 3.05) is 33.0 Å². The zero-order valence-electron chi connectivity index (χ0n) is 14.6. The molecule has 1 unspecified atom stereocenters. The molecule has 4 nitrogen and oxygen atoms in total. The molecule has 134 valence electrons. The summed E-state index contributed by atoms with van der Waals surface area (Å²) in [5.74, 6) is 1.71. The van der Waals surface area contributed by atoms with Gasteiger partial charge in [-0.05, 0) is 53.1 Å². The zero-order valence-corrected chi connectivity index (χ0v) is 15.4. The predicted molar refractivity (Wildman–Crippen MR) is 105 cm³/mol. The fourth-order valence-electron chi connectivity index (χ4n) is 4.01. The van der Waals surface area contributed by atoms with E-state index in [-0.39, 0.29) is 6.04 Å². The lowest BCUT2D eigenvalue weighted by molar-refractivity contribution is 0.174. The average Bonchev–Trinajstić information content (AvgIpc) is 3.22. The Morgan fingerprint density at radius 1 is 1.00 bits per heavy atom. The number of rotatable bonds is 3. The molecule has 3 aromatic rings. The molecule has 0 saturated carbocycles. The highest BCUT2D eigenvalue weighted by Gasteiger charge is 2.27. The maximum atomic E-state index is 5.66. The molecule has 1 N–H and O–H groups in total. The van der Waals surface area contributed by atoms with Gasteiger partial charge in [0.1, 0.15) is 0 Å². The van der Waals surface area contributed by atoms with Crippen molar-refractivity contribution < 1.29 is 9.47 Å². The highest BCUT2D eigenvalue weighted by atomic mass is 32.1. The van der Waals surface area contributed by atoms with E-state index >= 15 is 0 Å². The van der Waals surface area contributed by atoms with E-state index in [1.165, 1.54) is 27.6 Å². The van der Waals surface area contributed by atoms with Crippen LogP contribution in [0.1, 0.15) is 23.6 Å². The Kier molecular flexibility index (Phi) is 4.28. The maximum absolute atomic E-state index is 5.66. The fraction of sp³-hybridized carbons (Fsp3) is 0.333. The monoisotopic (exact) mass is 366 g/mol. The minimum atomic E-state index is 0.237. The molecule has 0 spiro atoms. The molecule has 1 saturated heterocycles. The van der Waals surface area contributed by atoms with Crippen LogP contribution in [-0.2, 0) is 0 Å². The first kappa shape index (κ1) is 16.1. The number of fused-ring (bicyclic) bond motifs is 2. The lowest BCUT2D eigenvalue weighted by Gasteiger charge is -2.31. The number of hydrogen-bond donors (Lipinski definition) is 1. The van der Waals surface area contributed by atoms with Crippen LogP contribution in [0.5, 0.6) is 11.5 Å². The van der Waals surface area contributed by atoms with Crippen LogP contribution in [0.25, 0.3) is 10.1 Å². The van der Waals surface area contributed by atoms with E-state index in [2.05, 4.69) is 58.1 Å². The van der Waals surface area contributed by atoms with E-state index in [9.17, 15) is 0 Å². The first-order valence-electron chi connectivity index (χ1n) is 9.20. The molecule has 1 fully saturated rings. The van der Waals surface area contributed by atoms with Gasteiger partial charge in [-0.1, -0.05) is 24.3 Å². The molecule has 2 aromatic carbocycles. The van der Waals surface area contributed by atoms with Crippen molar-refractivity contribution in [1.82, 2.24) is 10.2 Å². The van der Waals surface area contributed by atoms with E-state index in [0.717, 1.165) is 37.7 Å². The summed E-state index contributed by atoms with van der Waals surface area (Å²) in [7, 11) is 0. The van der Waals surface area contributed by atoms with E-state index in [1.54, 1.807) is 0 Å². The molecule has 0 aliphatic carbocycles. The molecule has 1 aromatic heterocycles. The molecule has 3 heterocycles. The Morgan fingerprint density at radius 3 is 2.92 bits per heavy atom. The zero-order chi connectivity index (χ0) is 17.3. The molecule has 2 aliphatic heterocycles. The van der Waals surface area contributed by atoms with Crippen LogP contribution in [0.3, 0.4) is 0 Å². The van der Waals surface area contributed by atoms with Crippen LogP contribution < -0.4 is 14.8 Å². The Balaban J connectivity index is 1.62. The minimum absolute atomic E-state index is 0.237.